The van der Waals surface area contributed by atoms with Crippen LogP contribution in [0.1, 0.15) is 32.7 Å². The molecule has 0 radical (unpaired) electrons. The number of benzene rings is 3. The number of halogens is 4. The molecule has 1 unspecified atom stereocenters. The molecule has 4 rings (SSSR count). The van der Waals surface area contributed by atoms with Gasteiger partial charge in [-0.1, -0.05) is 89.4 Å². The molecule has 0 bridgehead atoms. The molecule has 0 spiro atoms. The summed E-state index contributed by atoms with van der Waals surface area (Å²) in [6, 6.07) is 20.6. The van der Waals surface area contributed by atoms with Gasteiger partial charge in [0.05, 0.1) is 5.02 Å². The van der Waals surface area contributed by atoms with Gasteiger partial charge in [0.2, 0.25) is 0 Å². The van der Waals surface area contributed by atoms with E-state index in [9.17, 15) is 9.59 Å². The first-order chi connectivity index (χ1) is 15.3. The van der Waals surface area contributed by atoms with E-state index in [0.29, 0.717) is 38.2 Å². The second-order valence-electron chi connectivity index (χ2n) is 7.01. The molecule has 0 heterocycles. The number of ketones is 2. The lowest BCUT2D eigenvalue weighted by Crippen LogP contribution is -2.30. The van der Waals surface area contributed by atoms with Crippen LogP contribution in [0.4, 0.5) is 0 Å². The molecule has 0 aromatic heterocycles. The van der Waals surface area contributed by atoms with Crippen molar-refractivity contribution in [3.63, 3.8) is 0 Å². The Kier molecular flexibility index (Phi) is 8.33. The van der Waals surface area contributed by atoms with E-state index in [-0.39, 0.29) is 11.6 Å². The zero-order chi connectivity index (χ0) is 23.1. The molecule has 162 valence electrons. The Morgan fingerprint density at radius 3 is 2.03 bits per heavy atom. The lowest BCUT2D eigenvalue weighted by molar-refractivity contribution is 0.0959. The van der Waals surface area contributed by atoms with Crippen molar-refractivity contribution in [2.45, 2.75) is 11.3 Å². The molecule has 0 aliphatic heterocycles. The van der Waals surface area contributed by atoms with Crippen LogP contribution in [-0.4, -0.2) is 16.4 Å². The first-order valence-electron chi connectivity index (χ1n) is 9.68. The number of alkyl halides is 1. The fourth-order valence-electron chi connectivity index (χ4n) is 3.02. The summed E-state index contributed by atoms with van der Waals surface area (Å²) in [4.78, 5) is 23.3. The van der Waals surface area contributed by atoms with E-state index < -0.39 is 4.87 Å². The average molecular weight is 504 g/mol. The van der Waals surface area contributed by atoms with E-state index in [1.54, 1.807) is 66.7 Å². The van der Waals surface area contributed by atoms with Crippen molar-refractivity contribution < 1.29 is 9.59 Å². The van der Waals surface area contributed by atoms with Gasteiger partial charge in [0.15, 0.2) is 11.6 Å². The van der Waals surface area contributed by atoms with Crippen LogP contribution >= 0.6 is 46.4 Å². The number of rotatable bonds is 4. The summed E-state index contributed by atoms with van der Waals surface area (Å²) in [6.45, 7) is 0. The van der Waals surface area contributed by atoms with Crippen molar-refractivity contribution in [3.8, 4) is 0 Å². The van der Waals surface area contributed by atoms with Gasteiger partial charge >= 0.3 is 0 Å². The molecule has 6 heteroatoms. The fraction of sp³-hybridized carbons (Fsp3) is 0.0769. The SMILES string of the molecule is O=C(c1ccc(Cl)cc1)C1(Cl)C=CC=CC1.O=C(c1ccccc1)c1cc(Cl)ccc1Cl. The molecule has 3 aromatic carbocycles. The molecular weight excluding hydrogens is 486 g/mol. The zero-order valence-corrected chi connectivity index (χ0v) is 19.8. The maximum Gasteiger partial charge on any atom is 0.194 e. The third-order valence-corrected chi connectivity index (χ3v) is 5.98. The van der Waals surface area contributed by atoms with Crippen LogP contribution in [0.15, 0.2) is 97.1 Å². The number of hydrogen-bond donors (Lipinski definition) is 0. The Balaban J connectivity index is 0.000000181. The minimum Gasteiger partial charge on any atom is -0.292 e. The first kappa shape index (κ1) is 24.3. The highest BCUT2D eigenvalue weighted by Crippen LogP contribution is 2.30. The highest BCUT2D eigenvalue weighted by molar-refractivity contribution is 6.40. The second-order valence-corrected chi connectivity index (χ2v) is 8.96. The largest absolute Gasteiger partial charge is 0.292 e. The van der Waals surface area contributed by atoms with Gasteiger partial charge < -0.3 is 0 Å². The van der Waals surface area contributed by atoms with E-state index in [2.05, 4.69) is 0 Å². The summed E-state index contributed by atoms with van der Waals surface area (Å²) in [5.41, 5.74) is 1.62. The van der Waals surface area contributed by atoms with Crippen LogP contribution in [-0.2, 0) is 0 Å². The molecule has 1 atom stereocenters. The maximum absolute atomic E-state index is 12.2. The molecular formula is C26H18Cl4O2. The first-order valence-corrected chi connectivity index (χ1v) is 11.2. The molecule has 1 aliphatic rings. The van der Waals surface area contributed by atoms with Crippen molar-refractivity contribution in [3.05, 3.63) is 129 Å². The van der Waals surface area contributed by atoms with Gasteiger partial charge in [-0.2, -0.15) is 0 Å². The Morgan fingerprint density at radius 1 is 0.750 bits per heavy atom. The molecule has 2 nitrogen and oxygen atoms in total. The van der Waals surface area contributed by atoms with Crippen molar-refractivity contribution in [1.82, 2.24) is 0 Å². The average Bonchev–Trinajstić information content (AvgIpc) is 2.82. The monoisotopic (exact) mass is 502 g/mol. The molecule has 3 aromatic rings. The Bertz CT molecular complexity index is 1170. The van der Waals surface area contributed by atoms with E-state index in [1.807, 2.05) is 30.4 Å². The molecule has 0 N–H and O–H groups in total. The third kappa shape index (κ3) is 6.11. The van der Waals surface area contributed by atoms with Gasteiger partial charge in [-0.3, -0.25) is 9.59 Å². The summed E-state index contributed by atoms with van der Waals surface area (Å²) in [5, 5.41) is 1.53. The van der Waals surface area contributed by atoms with Gasteiger partial charge in [0.1, 0.15) is 4.87 Å². The van der Waals surface area contributed by atoms with Crippen LogP contribution in [0.3, 0.4) is 0 Å². The van der Waals surface area contributed by atoms with Crippen molar-refractivity contribution >= 4 is 58.0 Å². The van der Waals surface area contributed by atoms with Gasteiger partial charge in [-0.25, -0.2) is 0 Å². The minimum absolute atomic E-state index is 0.0913. The molecule has 0 fully saturated rings. The predicted molar refractivity (Wildman–Crippen MR) is 134 cm³/mol. The van der Waals surface area contributed by atoms with Gasteiger partial charge in [-0.05, 0) is 48.9 Å². The van der Waals surface area contributed by atoms with Gasteiger partial charge in [0.25, 0.3) is 0 Å². The molecule has 1 aliphatic carbocycles. The Morgan fingerprint density at radius 2 is 1.41 bits per heavy atom. The van der Waals surface area contributed by atoms with Crippen LogP contribution < -0.4 is 0 Å². The maximum atomic E-state index is 12.2. The summed E-state index contributed by atoms with van der Waals surface area (Å²) < 4.78 is 0. The molecule has 32 heavy (non-hydrogen) atoms. The van der Waals surface area contributed by atoms with Crippen molar-refractivity contribution in [2.75, 3.05) is 0 Å². The number of hydrogen-bond acceptors (Lipinski definition) is 2. The van der Waals surface area contributed by atoms with Crippen molar-refractivity contribution in [2.24, 2.45) is 0 Å². The van der Waals surface area contributed by atoms with E-state index in [4.69, 9.17) is 46.4 Å². The lowest BCUT2D eigenvalue weighted by atomic mass is 9.91. The van der Waals surface area contributed by atoms with E-state index in [0.717, 1.165) is 0 Å². The van der Waals surface area contributed by atoms with Gasteiger partial charge in [-0.15, -0.1) is 11.6 Å². The Hall–Kier alpha value is -2.36. The summed E-state index contributed by atoms with van der Waals surface area (Å²) >= 11 is 23.8. The van der Waals surface area contributed by atoms with E-state index >= 15 is 0 Å². The highest BCUT2D eigenvalue weighted by atomic mass is 35.5. The van der Waals surface area contributed by atoms with Gasteiger partial charge in [0, 0.05) is 26.7 Å². The standard InChI is InChI=1S/C13H10Cl2O.C13H8Cl2O/c14-11-6-4-10(5-7-11)12(16)13(15)8-2-1-3-9-13;14-10-6-7-12(15)11(8-10)13(16)9-4-2-1-3-5-9/h1-8H,9H2;1-8H. The molecule has 0 saturated heterocycles. The number of Topliss-reactive ketones (excluding diaryl/α,β-unsaturated/α-hetero) is 1. The molecule has 0 saturated carbocycles. The lowest BCUT2D eigenvalue weighted by Gasteiger charge is -2.22. The number of carbonyl (C=O) groups is 2. The van der Waals surface area contributed by atoms with Crippen LogP contribution in [0.2, 0.25) is 15.1 Å². The van der Waals surface area contributed by atoms with E-state index in [1.165, 1.54) is 0 Å². The number of allylic oxidation sites excluding steroid dienone is 4. The van der Waals surface area contributed by atoms with Crippen LogP contribution in [0, 0.1) is 0 Å². The summed E-state index contributed by atoms with van der Waals surface area (Å²) in [7, 11) is 0. The third-order valence-electron chi connectivity index (χ3n) is 4.72. The van der Waals surface area contributed by atoms with Crippen LogP contribution in [0.5, 0.6) is 0 Å². The summed E-state index contributed by atoms with van der Waals surface area (Å²) in [5.74, 6) is -0.209. The fourth-order valence-corrected chi connectivity index (χ4v) is 3.79. The highest BCUT2D eigenvalue weighted by Gasteiger charge is 2.33. The smallest absolute Gasteiger partial charge is 0.194 e. The number of carbonyl (C=O) groups excluding carboxylic acids is 2. The zero-order valence-electron chi connectivity index (χ0n) is 16.8. The second kappa shape index (κ2) is 11.0. The molecule has 0 amide bonds. The van der Waals surface area contributed by atoms with Crippen LogP contribution in [0.25, 0.3) is 0 Å². The normalized spacial score (nSPS) is 16.8. The van der Waals surface area contributed by atoms with Crippen molar-refractivity contribution in [1.29, 1.82) is 0 Å². The summed E-state index contributed by atoms with van der Waals surface area (Å²) in [6.07, 6.45) is 7.82. The topological polar surface area (TPSA) is 34.1 Å². The Labute approximate surface area is 207 Å². The minimum atomic E-state index is -0.942. The predicted octanol–water partition coefficient (Wildman–Crippen LogP) is 8.24. The quantitative estimate of drug-likeness (QED) is 0.265.